The number of alkyl halides is 3. The van der Waals surface area contributed by atoms with Crippen molar-refractivity contribution in [2.75, 3.05) is 11.3 Å². The van der Waals surface area contributed by atoms with Gasteiger partial charge in [0.05, 0.1) is 15.3 Å². The molecule has 34 heavy (non-hydrogen) atoms. The maximum absolute atomic E-state index is 13.2. The van der Waals surface area contributed by atoms with Gasteiger partial charge in [-0.1, -0.05) is 30.7 Å². The summed E-state index contributed by atoms with van der Waals surface area (Å²) < 4.78 is 72.3. The van der Waals surface area contributed by atoms with Gasteiger partial charge >= 0.3 is 12.1 Å². The molecule has 2 aromatic carbocycles. The Morgan fingerprint density at radius 2 is 1.68 bits per heavy atom. The van der Waals surface area contributed by atoms with Crippen LogP contribution in [0.4, 0.5) is 23.2 Å². The second-order valence-corrected chi connectivity index (χ2v) is 9.49. The Bertz CT molecular complexity index is 1150. The molecule has 186 valence electrons. The van der Waals surface area contributed by atoms with Crippen molar-refractivity contribution >= 4 is 39.2 Å². The number of aliphatic carboxylic acids is 1. The zero-order chi connectivity index (χ0) is 25.7. The van der Waals surface area contributed by atoms with Crippen molar-refractivity contribution in [1.29, 1.82) is 0 Å². The van der Waals surface area contributed by atoms with Crippen LogP contribution >= 0.6 is 11.6 Å². The second-order valence-electron chi connectivity index (χ2n) is 7.40. The van der Waals surface area contributed by atoms with Gasteiger partial charge in [-0.3, -0.25) is 9.52 Å². The summed E-state index contributed by atoms with van der Waals surface area (Å²) in [6, 6.07) is 9.96. The first-order valence-electron chi connectivity index (χ1n) is 9.90. The van der Waals surface area contributed by atoms with Crippen LogP contribution in [-0.4, -0.2) is 38.1 Å². The molecule has 1 aliphatic carbocycles. The number of nitrogens with one attached hydrogen (secondary N) is 2. The Labute approximate surface area is 198 Å². The molecular formula is C21H21ClF4N2O5S. The lowest BCUT2D eigenvalue weighted by molar-refractivity contribution is -0.192. The molecule has 0 heterocycles. The minimum Gasteiger partial charge on any atom is -0.475 e. The van der Waals surface area contributed by atoms with Crippen molar-refractivity contribution < 1.29 is 40.7 Å². The van der Waals surface area contributed by atoms with Crippen LogP contribution in [0.5, 0.6) is 0 Å². The molecule has 3 rings (SSSR count). The number of anilines is 1. The van der Waals surface area contributed by atoms with E-state index in [-0.39, 0.29) is 15.8 Å². The first-order chi connectivity index (χ1) is 15.7. The number of hydrogen-bond donors (Lipinski definition) is 3. The van der Waals surface area contributed by atoms with Crippen LogP contribution in [0.2, 0.25) is 5.02 Å². The minimum atomic E-state index is -5.08. The van der Waals surface area contributed by atoms with Crippen molar-refractivity contribution in [3.8, 4) is 0 Å². The standard InChI is InChI=1S/C19H20ClFN2O3S.C2HF3O2/c1-2-11-22-18(24)19(9-10-19)13-3-5-14(6-4-13)23-27(25,26)15-7-8-17(21)16(20)12-15;3-2(4,5)1(6)7/h3-8,12,23H,2,9-11H2,1H3,(H,22,24);(H,6,7). The highest BCUT2D eigenvalue weighted by Crippen LogP contribution is 2.48. The number of benzene rings is 2. The molecule has 0 aliphatic heterocycles. The molecule has 0 bridgehead atoms. The molecule has 0 spiro atoms. The molecule has 0 aromatic heterocycles. The smallest absolute Gasteiger partial charge is 0.475 e. The Hall–Kier alpha value is -2.86. The predicted octanol–water partition coefficient (Wildman–Crippen LogP) is 4.47. The van der Waals surface area contributed by atoms with Gasteiger partial charge in [-0.2, -0.15) is 13.2 Å². The zero-order valence-corrected chi connectivity index (χ0v) is 19.3. The summed E-state index contributed by atoms with van der Waals surface area (Å²) in [6.45, 7) is 2.63. The van der Waals surface area contributed by atoms with E-state index in [1.54, 1.807) is 24.3 Å². The SMILES string of the molecule is CCCNC(=O)C1(c2ccc(NS(=O)(=O)c3ccc(F)c(Cl)c3)cc2)CC1.O=C(O)C(F)(F)F. The maximum atomic E-state index is 13.2. The molecular weight excluding hydrogens is 504 g/mol. The van der Waals surface area contributed by atoms with Crippen LogP contribution in [0.3, 0.4) is 0 Å². The van der Waals surface area contributed by atoms with Gasteiger partial charge in [-0.05, 0) is 55.2 Å². The lowest BCUT2D eigenvalue weighted by Crippen LogP contribution is -2.35. The fraction of sp³-hybridized carbons (Fsp3) is 0.333. The van der Waals surface area contributed by atoms with E-state index in [0.717, 1.165) is 43.0 Å². The molecule has 0 unspecified atom stereocenters. The summed E-state index contributed by atoms with van der Waals surface area (Å²) in [5.74, 6) is -3.43. The van der Waals surface area contributed by atoms with Gasteiger partial charge in [0.2, 0.25) is 5.91 Å². The zero-order valence-electron chi connectivity index (χ0n) is 17.7. The average Bonchev–Trinajstić information content (AvgIpc) is 3.56. The van der Waals surface area contributed by atoms with E-state index in [0.29, 0.717) is 12.2 Å². The summed E-state index contributed by atoms with van der Waals surface area (Å²) >= 11 is 5.66. The van der Waals surface area contributed by atoms with E-state index in [1.165, 1.54) is 0 Å². The number of amides is 1. The Kier molecular flexibility index (Phi) is 8.54. The van der Waals surface area contributed by atoms with Crippen LogP contribution < -0.4 is 10.0 Å². The van der Waals surface area contributed by atoms with Gasteiger partial charge < -0.3 is 10.4 Å². The molecule has 1 fully saturated rings. The highest BCUT2D eigenvalue weighted by atomic mass is 35.5. The van der Waals surface area contributed by atoms with Gasteiger partial charge in [0.25, 0.3) is 10.0 Å². The summed E-state index contributed by atoms with van der Waals surface area (Å²) in [6.07, 6.45) is -2.65. The van der Waals surface area contributed by atoms with E-state index < -0.39 is 33.4 Å². The molecule has 0 atom stereocenters. The van der Waals surface area contributed by atoms with Crippen molar-refractivity contribution in [3.05, 3.63) is 58.9 Å². The molecule has 1 aliphatic rings. The summed E-state index contributed by atoms with van der Waals surface area (Å²) in [5.41, 5.74) is 0.713. The number of rotatable bonds is 7. The van der Waals surface area contributed by atoms with Gasteiger partial charge in [-0.25, -0.2) is 17.6 Å². The summed E-state index contributed by atoms with van der Waals surface area (Å²) in [5, 5.41) is 9.79. The quantitative estimate of drug-likeness (QED) is 0.463. The third-order valence-electron chi connectivity index (χ3n) is 4.85. The number of sulfonamides is 1. The third-order valence-corrected chi connectivity index (χ3v) is 6.52. The third kappa shape index (κ3) is 6.83. The van der Waals surface area contributed by atoms with E-state index in [2.05, 4.69) is 10.0 Å². The molecule has 1 saturated carbocycles. The first-order valence-corrected chi connectivity index (χ1v) is 11.8. The fourth-order valence-corrected chi connectivity index (χ4v) is 4.22. The van der Waals surface area contributed by atoms with E-state index >= 15 is 0 Å². The highest BCUT2D eigenvalue weighted by molar-refractivity contribution is 7.92. The van der Waals surface area contributed by atoms with Crippen LogP contribution in [0, 0.1) is 5.82 Å². The van der Waals surface area contributed by atoms with E-state index in [4.69, 9.17) is 21.5 Å². The van der Waals surface area contributed by atoms with Gasteiger partial charge in [-0.15, -0.1) is 0 Å². The highest BCUT2D eigenvalue weighted by Gasteiger charge is 2.51. The normalized spacial score (nSPS) is 14.4. The van der Waals surface area contributed by atoms with Crippen molar-refractivity contribution in [3.63, 3.8) is 0 Å². The van der Waals surface area contributed by atoms with Crippen LogP contribution in [0.25, 0.3) is 0 Å². The molecule has 0 saturated heterocycles. The lowest BCUT2D eigenvalue weighted by atomic mass is 9.95. The molecule has 13 heteroatoms. The molecule has 0 radical (unpaired) electrons. The topological polar surface area (TPSA) is 113 Å². The fourth-order valence-electron chi connectivity index (χ4n) is 2.89. The molecule has 3 N–H and O–H groups in total. The summed E-state index contributed by atoms with van der Waals surface area (Å²) in [7, 11) is -3.89. The lowest BCUT2D eigenvalue weighted by Gasteiger charge is -2.16. The first kappa shape index (κ1) is 27.4. The predicted molar refractivity (Wildman–Crippen MR) is 117 cm³/mol. The molecule has 2 aromatic rings. The van der Waals surface area contributed by atoms with Crippen LogP contribution in [0.15, 0.2) is 47.4 Å². The number of hydrogen-bond acceptors (Lipinski definition) is 4. The number of carbonyl (C=O) groups excluding carboxylic acids is 1. The number of carboxylic acids is 1. The minimum absolute atomic E-state index is 0.0126. The van der Waals surface area contributed by atoms with Gasteiger partial charge in [0, 0.05) is 12.2 Å². The van der Waals surface area contributed by atoms with Crippen LogP contribution in [0.1, 0.15) is 31.7 Å². The summed E-state index contributed by atoms with van der Waals surface area (Å²) in [4.78, 5) is 21.1. The van der Waals surface area contributed by atoms with E-state index in [9.17, 15) is 30.8 Å². The molecule has 1 amide bonds. The average molecular weight is 525 g/mol. The Balaban J connectivity index is 0.000000509. The second kappa shape index (κ2) is 10.6. The van der Waals surface area contributed by atoms with Crippen molar-refractivity contribution in [2.24, 2.45) is 0 Å². The van der Waals surface area contributed by atoms with Gasteiger partial charge in [0.15, 0.2) is 0 Å². The van der Waals surface area contributed by atoms with E-state index in [1.807, 2.05) is 6.92 Å². The van der Waals surface area contributed by atoms with Crippen molar-refractivity contribution in [2.45, 2.75) is 42.7 Å². The van der Waals surface area contributed by atoms with Gasteiger partial charge in [0.1, 0.15) is 5.82 Å². The number of carboxylic acid groups (broad SMARTS) is 1. The monoisotopic (exact) mass is 524 g/mol. The largest absolute Gasteiger partial charge is 0.490 e. The maximum Gasteiger partial charge on any atom is 0.490 e. The van der Waals surface area contributed by atoms with Crippen LogP contribution in [-0.2, 0) is 25.0 Å². The Morgan fingerprint density at radius 1 is 1.12 bits per heavy atom. The van der Waals surface area contributed by atoms with Crippen molar-refractivity contribution in [1.82, 2.24) is 5.32 Å². The molecule has 7 nitrogen and oxygen atoms in total. The number of carbonyl (C=O) groups is 2. The Morgan fingerprint density at radius 3 is 2.12 bits per heavy atom. The number of halogens is 5.